The smallest absolute Gasteiger partial charge is 0.326 e. The summed E-state index contributed by atoms with van der Waals surface area (Å²) in [6.07, 6.45) is 1.26. The van der Waals surface area contributed by atoms with Crippen LogP contribution >= 0.6 is 0 Å². The average molecular weight is 201 g/mol. The summed E-state index contributed by atoms with van der Waals surface area (Å²) in [7, 11) is 0. The molecule has 0 aromatic rings. The zero-order valence-corrected chi connectivity index (χ0v) is 9.28. The van der Waals surface area contributed by atoms with Gasteiger partial charge in [0.15, 0.2) is 0 Å². The van der Waals surface area contributed by atoms with E-state index in [1.165, 1.54) is 11.8 Å². The number of rotatable bonds is 5. The van der Waals surface area contributed by atoms with E-state index in [1.54, 1.807) is 0 Å². The van der Waals surface area contributed by atoms with Crippen molar-refractivity contribution < 1.29 is 14.7 Å². The molecule has 82 valence electrons. The zero-order valence-electron chi connectivity index (χ0n) is 9.28. The summed E-state index contributed by atoms with van der Waals surface area (Å²) in [5, 5.41) is 8.98. The predicted molar refractivity (Wildman–Crippen MR) is 54.0 cm³/mol. The van der Waals surface area contributed by atoms with Gasteiger partial charge < -0.3 is 10.0 Å². The lowest BCUT2D eigenvalue weighted by Gasteiger charge is -2.31. The van der Waals surface area contributed by atoms with Crippen molar-refractivity contribution in [2.45, 2.75) is 52.6 Å². The molecular formula is C10H19NO3. The van der Waals surface area contributed by atoms with Gasteiger partial charge in [-0.3, -0.25) is 4.79 Å². The Kier molecular flexibility index (Phi) is 5.20. The molecule has 0 radical (unpaired) electrons. The maximum absolute atomic E-state index is 11.3. The van der Waals surface area contributed by atoms with Crippen LogP contribution in [0.15, 0.2) is 0 Å². The third-order valence-corrected chi connectivity index (χ3v) is 2.10. The van der Waals surface area contributed by atoms with Crippen LogP contribution in [0.5, 0.6) is 0 Å². The summed E-state index contributed by atoms with van der Waals surface area (Å²) in [5.41, 5.74) is 0. The number of carbonyl (C=O) groups excluding carboxylic acids is 1. The van der Waals surface area contributed by atoms with Crippen LogP contribution < -0.4 is 0 Å². The van der Waals surface area contributed by atoms with Crippen molar-refractivity contribution in [3.63, 3.8) is 0 Å². The number of hydrogen-bond donors (Lipinski definition) is 1. The van der Waals surface area contributed by atoms with Gasteiger partial charge in [0.2, 0.25) is 5.91 Å². The van der Waals surface area contributed by atoms with Crippen molar-refractivity contribution in [2.24, 2.45) is 0 Å². The van der Waals surface area contributed by atoms with Gasteiger partial charge in [-0.1, -0.05) is 13.3 Å². The Hall–Kier alpha value is -1.06. The van der Waals surface area contributed by atoms with Crippen LogP contribution in [0.4, 0.5) is 0 Å². The average Bonchev–Trinajstić information content (AvgIpc) is 2.01. The Morgan fingerprint density at radius 1 is 1.36 bits per heavy atom. The highest BCUT2D eigenvalue weighted by atomic mass is 16.4. The molecule has 0 fully saturated rings. The molecule has 0 aliphatic carbocycles. The van der Waals surface area contributed by atoms with Crippen molar-refractivity contribution in [1.82, 2.24) is 4.90 Å². The second-order valence-corrected chi connectivity index (χ2v) is 3.66. The highest BCUT2D eigenvalue weighted by Gasteiger charge is 2.28. The van der Waals surface area contributed by atoms with Crippen molar-refractivity contribution in [3.8, 4) is 0 Å². The minimum atomic E-state index is -0.921. The second-order valence-electron chi connectivity index (χ2n) is 3.66. The van der Waals surface area contributed by atoms with Crippen LogP contribution in [-0.2, 0) is 9.59 Å². The Morgan fingerprint density at radius 2 is 1.86 bits per heavy atom. The third-order valence-electron chi connectivity index (χ3n) is 2.10. The van der Waals surface area contributed by atoms with Gasteiger partial charge in [-0.05, 0) is 20.3 Å². The minimum Gasteiger partial charge on any atom is -0.480 e. The molecule has 0 rings (SSSR count). The van der Waals surface area contributed by atoms with Gasteiger partial charge in [0, 0.05) is 13.0 Å². The highest BCUT2D eigenvalue weighted by Crippen LogP contribution is 2.11. The van der Waals surface area contributed by atoms with E-state index in [2.05, 4.69) is 0 Å². The van der Waals surface area contributed by atoms with Gasteiger partial charge in [-0.25, -0.2) is 4.79 Å². The lowest BCUT2D eigenvalue weighted by Crippen LogP contribution is -2.47. The molecule has 14 heavy (non-hydrogen) atoms. The van der Waals surface area contributed by atoms with Crippen molar-refractivity contribution in [2.75, 3.05) is 0 Å². The number of carbonyl (C=O) groups is 2. The molecule has 0 spiro atoms. The van der Waals surface area contributed by atoms with Crippen LogP contribution in [0.2, 0.25) is 0 Å². The Bertz CT molecular complexity index is 213. The maximum atomic E-state index is 11.3. The van der Waals surface area contributed by atoms with Gasteiger partial charge in [0.25, 0.3) is 0 Å². The van der Waals surface area contributed by atoms with Crippen LogP contribution in [-0.4, -0.2) is 34.0 Å². The van der Waals surface area contributed by atoms with E-state index in [1.807, 2.05) is 20.8 Å². The van der Waals surface area contributed by atoms with Crippen LogP contribution in [0.1, 0.15) is 40.5 Å². The van der Waals surface area contributed by atoms with E-state index < -0.39 is 12.0 Å². The lowest BCUT2D eigenvalue weighted by atomic mass is 10.1. The van der Waals surface area contributed by atoms with Gasteiger partial charge in [-0.15, -0.1) is 0 Å². The molecular weight excluding hydrogens is 182 g/mol. The molecule has 0 aliphatic rings. The molecule has 0 saturated heterocycles. The standard InChI is InChI=1S/C10H19NO3/c1-5-6-9(10(13)14)11(7(2)3)8(4)12/h7,9H,5-6H2,1-4H3,(H,13,14). The molecule has 4 nitrogen and oxygen atoms in total. The lowest BCUT2D eigenvalue weighted by molar-refractivity contribution is -0.151. The first-order valence-corrected chi connectivity index (χ1v) is 4.93. The van der Waals surface area contributed by atoms with E-state index in [-0.39, 0.29) is 11.9 Å². The highest BCUT2D eigenvalue weighted by molar-refractivity contribution is 5.82. The predicted octanol–water partition coefficient (Wildman–Crippen LogP) is 1.50. The molecule has 1 atom stereocenters. The molecule has 0 heterocycles. The summed E-state index contributed by atoms with van der Waals surface area (Å²) in [6.45, 7) is 6.97. The molecule has 0 aromatic carbocycles. The first-order valence-electron chi connectivity index (χ1n) is 4.93. The van der Waals surface area contributed by atoms with E-state index in [4.69, 9.17) is 5.11 Å². The number of carboxylic acids is 1. The largest absolute Gasteiger partial charge is 0.480 e. The van der Waals surface area contributed by atoms with Crippen molar-refractivity contribution in [1.29, 1.82) is 0 Å². The Balaban J connectivity index is 4.73. The summed E-state index contributed by atoms with van der Waals surface area (Å²) < 4.78 is 0. The van der Waals surface area contributed by atoms with Crippen LogP contribution in [0.25, 0.3) is 0 Å². The van der Waals surface area contributed by atoms with Crippen molar-refractivity contribution in [3.05, 3.63) is 0 Å². The number of nitrogens with zero attached hydrogens (tertiary/aromatic N) is 1. The first-order chi connectivity index (χ1) is 6.41. The molecule has 1 N–H and O–H groups in total. The van der Waals surface area contributed by atoms with E-state index in [0.29, 0.717) is 6.42 Å². The fourth-order valence-electron chi connectivity index (χ4n) is 1.60. The zero-order chi connectivity index (χ0) is 11.3. The Labute approximate surface area is 84.9 Å². The van der Waals surface area contributed by atoms with Crippen molar-refractivity contribution >= 4 is 11.9 Å². The third kappa shape index (κ3) is 3.36. The van der Waals surface area contributed by atoms with E-state index in [0.717, 1.165) is 6.42 Å². The first kappa shape index (κ1) is 12.9. The SMILES string of the molecule is CCCC(C(=O)O)N(C(C)=O)C(C)C. The molecule has 0 aromatic heterocycles. The second kappa shape index (κ2) is 5.62. The maximum Gasteiger partial charge on any atom is 0.326 e. The monoisotopic (exact) mass is 201 g/mol. The molecule has 0 aliphatic heterocycles. The topological polar surface area (TPSA) is 57.6 Å². The molecule has 0 saturated carbocycles. The minimum absolute atomic E-state index is 0.0693. The normalized spacial score (nSPS) is 12.6. The summed E-state index contributed by atoms with van der Waals surface area (Å²) in [5.74, 6) is -1.10. The molecule has 1 amide bonds. The number of amides is 1. The molecule has 0 bridgehead atoms. The van der Waals surface area contributed by atoms with Gasteiger partial charge in [-0.2, -0.15) is 0 Å². The Morgan fingerprint density at radius 3 is 2.07 bits per heavy atom. The summed E-state index contributed by atoms with van der Waals surface area (Å²) in [6, 6.07) is -0.752. The van der Waals surface area contributed by atoms with Gasteiger partial charge >= 0.3 is 5.97 Å². The van der Waals surface area contributed by atoms with Gasteiger partial charge in [0.05, 0.1) is 0 Å². The molecule has 4 heteroatoms. The number of aliphatic carboxylic acids is 1. The fraction of sp³-hybridized carbons (Fsp3) is 0.800. The number of carboxylic acid groups (broad SMARTS) is 1. The van der Waals surface area contributed by atoms with Gasteiger partial charge in [0.1, 0.15) is 6.04 Å². The summed E-state index contributed by atoms with van der Waals surface area (Å²) in [4.78, 5) is 23.6. The van der Waals surface area contributed by atoms with Crippen LogP contribution in [0, 0.1) is 0 Å². The fourth-order valence-corrected chi connectivity index (χ4v) is 1.60. The van der Waals surface area contributed by atoms with E-state index in [9.17, 15) is 9.59 Å². The quantitative estimate of drug-likeness (QED) is 0.733. The summed E-state index contributed by atoms with van der Waals surface area (Å²) >= 11 is 0. The van der Waals surface area contributed by atoms with Crippen LogP contribution in [0.3, 0.4) is 0 Å². The molecule has 1 unspecified atom stereocenters. The van der Waals surface area contributed by atoms with E-state index >= 15 is 0 Å². The number of hydrogen-bond acceptors (Lipinski definition) is 2.